The maximum atomic E-state index is 14.8. The van der Waals surface area contributed by atoms with E-state index in [1.165, 1.54) is 18.3 Å². The van der Waals surface area contributed by atoms with Crippen LogP contribution in [0.25, 0.3) is 11.1 Å². The molecule has 3 aromatic rings. The first-order chi connectivity index (χ1) is 18.8. The van der Waals surface area contributed by atoms with E-state index in [2.05, 4.69) is 10.1 Å². The Morgan fingerprint density at radius 1 is 1.10 bits per heavy atom. The lowest BCUT2D eigenvalue weighted by Gasteiger charge is -2.26. The molecule has 10 nitrogen and oxygen atoms in total. The van der Waals surface area contributed by atoms with E-state index in [1.807, 2.05) is 13.8 Å². The number of esters is 1. The summed E-state index contributed by atoms with van der Waals surface area (Å²) in [5, 5.41) is 13.3. The van der Waals surface area contributed by atoms with Crippen molar-refractivity contribution >= 4 is 21.8 Å². The fraction of sp³-hybridized carbons (Fsp3) is 0.448. The van der Waals surface area contributed by atoms with Crippen LogP contribution < -0.4 is 4.74 Å². The van der Waals surface area contributed by atoms with Gasteiger partial charge in [0, 0.05) is 24.6 Å². The normalized spacial score (nSPS) is 12.4. The van der Waals surface area contributed by atoms with Gasteiger partial charge in [-0.3, -0.25) is 4.79 Å². The molecule has 41 heavy (non-hydrogen) atoms. The van der Waals surface area contributed by atoms with Crippen LogP contribution in [-0.2, 0) is 31.3 Å². The molecule has 0 atom stereocenters. The summed E-state index contributed by atoms with van der Waals surface area (Å²) in [5.74, 6) is -2.17. The number of sulfone groups is 1. The number of carboxylic acids is 1. The first-order valence-corrected chi connectivity index (χ1v) is 14.8. The van der Waals surface area contributed by atoms with Crippen LogP contribution in [0.3, 0.4) is 0 Å². The molecule has 2 heterocycles. The number of hydrogen-bond donors (Lipinski definition) is 1. The first-order valence-electron chi connectivity index (χ1n) is 13.0. The van der Waals surface area contributed by atoms with Crippen LogP contribution in [0.1, 0.15) is 76.0 Å². The molecule has 0 amide bonds. The third kappa shape index (κ3) is 7.90. The molecule has 12 heteroatoms. The molecule has 0 bridgehead atoms. The van der Waals surface area contributed by atoms with E-state index < -0.39 is 38.7 Å². The van der Waals surface area contributed by atoms with Crippen molar-refractivity contribution in [3.8, 4) is 17.0 Å². The number of aromatic carboxylic acids is 1. The van der Waals surface area contributed by atoms with Crippen LogP contribution in [0, 0.1) is 5.82 Å². The van der Waals surface area contributed by atoms with Gasteiger partial charge in [0.1, 0.15) is 23.7 Å². The van der Waals surface area contributed by atoms with Crippen molar-refractivity contribution in [2.45, 2.75) is 77.0 Å². The number of pyridine rings is 1. The van der Waals surface area contributed by atoms with Gasteiger partial charge in [0.15, 0.2) is 14.9 Å². The minimum absolute atomic E-state index is 0.0636. The molecule has 0 spiro atoms. The first kappa shape index (κ1) is 31.7. The second kappa shape index (κ2) is 11.6. The van der Waals surface area contributed by atoms with Crippen molar-refractivity contribution in [2.24, 2.45) is 0 Å². The minimum atomic E-state index is -3.75. The monoisotopic (exact) mass is 589 g/mol. The van der Waals surface area contributed by atoms with Gasteiger partial charge >= 0.3 is 11.9 Å². The third-order valence-electron chi connectivity index (χ3n) is 6.09. The van der Waals surface area contributed by atoms with Crippen LogP contribution >= 0.6 is 0 Å². The summed E-state index contributed by atoms with van der Waals surface area (Å²) in [6, 6.07) is 7.04. The Labute approximate surface area is 239 Å². The number of nitrogens with zero attached hydrogens (tertiary/aromatic N) is 3. The van der Waals surface area contributed by atoms with Gasteiger partial charge < -0.3 is 14.6 Å². The number of aromatic nitrogens is 3. The van der Waals surface area contributed by atoms with Gasteiger partial charge in [0.25, 0.3) is 0 Å². The summed E-state index contributed by atoms with van der Waals surface area (Å²) < 4.78 is 51.3. The minimum Gasteiger partial charge on any atom is -0.477 e. The molecule has 0 aliphatic heterocycles. The molecule has 1 N–H and O–H groups in total. The molecule has 1 aromatic carbocycles. The predicted molar refractivity (Wildman–Crippen MR) is 150 cm³/mol. The number of halogens is 1. The number of carbonyl (C=O) groups excluding carboxylic acids is 1. The number of carbonyl (C=O) groups is 2. The Morgan fingerprint density at radius 3 is 2.32 bits per heavy atom. The van der Waals surface area contributed by atoms with Crippen molar-refractivity contribution in [1.29, 1.82) is 0 Å². The number of hydrogen-bond acceptors (Lipinski definition) is 8. The van der Waals surface area contributed by atoms with Gasteiger partial charge in [-0.15, -0.1) is 0 Å². The van der Waals surface area contributed by atoms with Crippen molar-refractivity contribution < 1.29 is 37.0 Å². The van der Waals surface area contributed by atoms with E-state index >= 15 is 0 Å². The highest BCUT2D eigenvalue weighted by molar-refractivity contribution is 7.90. The maximum absolute atomic E-state index is 14.8. The van der Waals surface area contributed by atoms with Crippen molar-refractivity contribution in [3.05, 3.63) is 59.2 Å². The average Bonchev–Trinajstić information content (AvgIpc) is 3.30. The van der Waals surface area contributed by atoms with Crippen molar-refractivity contribution in [1.82, 2.24) is 14.8 Å². The predicted octanol–water partition coefficient (Wildman–Crippen LogP) is 5.01. The smallest absolute Gasteiger partial charge is 0.354 e. The number of benzene rings is 1. The highest BCUT2D eigenvalue weighted by atomic mass is 32.2. The highest BCUT2D eigenvalue weighted by Crippen LogP contribution is 2.34. The third-order valence-corrected chi connectivity index (χ3v) is 7.05. The quantitative estimate of drug-likeness (QED) is 0.324. The van der Waals surface area contributed by atoms with Crippen LogP contribution in [0.5, 0.6) is 5.88 Å². The topological polar surface area (TPSA) is 138 Å². The second-order valence-electron chi connectivity index (χ2n) is 11.8. The molecule has 0 radical (unpaired) electrons. The lowest BCUT2D eigenvalue weighted by molar-refractivity contribution is -0.153. The Morgan fingerprint density at radius 2 is 1.76 bits per heavy atom. The van der Waals surface area contributed by atoms with Crippen LogP contribution in [0.4, 0.5) is 4.39 Å². The second-order valence-corrected chi connectivity index (χ2v) is 13.7. The highest BCUT2D eigenvalue weighted by Gasteiger charge is 2.31. The van der Waals surface area contributed by atoms with Crippen molar-refractivity contribution in [3.63, 3.8) is 0 Å². The Balaban J connectivity index is 1.98. The van der Waals surface area contributed by atoms with E-state index in [4.69, 9.17) is 9.47 Å². The van der Waals surface area contributed by atoms with E-state index in [0.717, 1.165) is 17.0 Å². The van der Waals surface area contributed by atoms with Crippen LogP contribution in [-0.4, -0.2) is 58.7 Å². The molecule has 0 saturated carbocycles. The Bertz CT molecular complexity index is 1570. The van der Waals surface area contributed by atoms with Gasteiger partial charge in [-0.2, -0.15) is 5.10 Å². The van der Waals surface area contributed by atoms with E-state index in [-0.39, 0.29) is 35.5 Å². The summed E-state index contributed by atoms with van der Waals surface area (Å²) >= 11 is 0. The Hall–Kier alpha value is -3.80. The lowest BCUT2D eigenvalue weighted by Crippen LogP contribution is -2.36. The van der Waals surface area contributed by atoms with Crippen LogP contribution in [0.15, 0.2) is 41.6 Å². The summed E-state index contributed by atoms with van der Waals surface area (Å²) in [6.45, 7) is 12.3. The summed E-state index contributed by atoms with van der Waals surface area (Å²) in [6.07, 6.45) is 2.36. The van der Waals surface area contributed by atoms with Gasteiger partial charge in [0.2, 0.25) is 5.88 Å². The average molecular weight is 590 g/mol. The summed E-state index contributed by atoms with van der Waals surface area (Å²) in [5.41, 5.74) is 0.253. The fourth-order valence-corrected chi connectivity index (χ4v) is 4.83. The van der Waals surface area contributed by atoms with Gasteiger partial charge in [-0.05, 0) is 81.0 Å². The zero-order chi connectivity index (χ0) is 30.9. The molecule has 222 valence electrons. The van der Waals surface area contributed by atoms with Gasteiger partial charge in [-0.1, -0.05) is 13.8 Å². The molecule has 0 aliphatic rings. The number of ether oxygens (including phenoxy) is 2. The molecule has 0 saturated heterocycles. The van der Waals surface area contributed by atoms with E-state index in [9.17, 15) is 27.5 Å². The number of carboxylic acid groups (broad SMARTS) is 1. The fourth-order valence-electron chi connectivity index (χ4n) is 4.27. The lowest BCUT2D eigenvalue weighted by atomic mass is 9.88. The number of rotatable bonds is 10. The SMILES string of the molecule is CC(C)c1cc(F)cc(-c2ccnc(OCC(C)(C)n3nc(S(C)(=O)=O)cc3C(=O)O)c2)c1CC(=O)OC(C)(C)C. The maximum Gasteiger partial charge on any atom is 0.354 e. The van der Waals surface area contributed by atoms with Gasteiger partial charge in [-0.25, -0.2) is 27.3 Å². The zero-order valence-electron chi connectivity index (χ0n) is 24.5. The molecular formula is C29H36FN3O7S. The molecule has 2 aromatic heterocycles. The molecule has 0 aliphatic carbocycles. The van der Waals surface area contributed by atoms with Gasteiger partial charge in [0.05, 0.1) is 12.0 Å². The molecular weight excluding hydrogens is 553 g/mol. The molecule has 0 unspecified atom stereocenters. The summed E-state index contributed by atoms with van der Waals surface area (Å²) in [4.78, 5) is 28.8. The zero-order valence-corrected chi connectivity index (χ0v) is 25.3. The van der Waals surface area contributed by atoms with E-state index in [1.54, 1.807) is 46.8 Å². The van der Waals surface area contributed by atoms with Crippen molar-refractivity contribution in [2.75, 3.05) is 12.9 Å². The summed E-state index contributed by atoms with van der Waals surface area (Å²) in [7, 11) is -3.75. The van der Waals surface area contributed by atoms with E-state index in [0.29, 0.717) is 22.3 Å². The Kier molecular flexibility index (Phi) is 8.97. The standard InChI is InChI=1S/C29H36FN3O7S/c1-17(2)20-12-19(30)13-21(22(20)14-26(34)40-28(3,4)5)18-9-10-31-24(11-18)39-16-29(6,7)33-23(27(35)36)15-25(32-33)41(8,37)38/h9-13,15,17H,14,16H2,1-8H3,(H,35,36). The molecule has 3 rings (SSSR count). The molecule has 0 fully saturated rings. The van der Waals surface area contributed by atoms with Crippen LogP contribution in [0.2, 0.25) is 0 Å². The largest absolute Gasteiger partial charge is 0.477 e.